The molecular formula is C26H27N5O6S. The molecular weight excluding hydrogens is 510 g/mol. The lowest BCUT2D eigenvalue weighted by Crippen LogP contribution is -2.40. The molecule has 1 saturated heterocycles. The molecule has 0 bridgehead atoms. The number of ether oxygens (including phenoxy) is 1. The van der Waals surface area contributed by atoms with E-state index in [2.05, 4.69) is 10.5 Å². The lowest BCUT2D eigenvalue weighted by Gasteiger charge is -2.29. The highest BCUT2D eigenvalue weighted by atomic mass is 32.2. The molecule has 11 nitrogen and oxygen atoms in total. The molecule has 1 fully saturated rings. The van der Waals surface area contributed by atoms with Gasteiger partial charge in [0.2, 0.25) is 0 Å². The van der Waals surface area contributed by atoms with Crippen molar-refractivity contribution in [3.05, 3.63) is 94.0 Å². The van der Waals surface area contributed by atoms with Crippen molar-refractivity contribution in [3.63, 3.8) is 0 Å². The summed E-state index contributed by atoms with van der Waals surface area (Å²) >= 11 is 0. The van der Waals surface area contributed by atoms with Crippen LogP contribution in [0.2, 0.25) is 0 Å². The number of nitrogens with zero attached hydrogens (tertiary/aromatic N) is 4. The average molecular weight is 538 g/mol. The number of nitro benzene ring substituents is 1. The number of nitro groups is 1. The summed E-state index contributed by atoms with van der Waals surface area (Å²) in [5.74, 6) is -0.678. The van der Waals surface area contributed by atoms with Crippen LogP contribution in [0.3, 0.4) is 0 Å². The van der Waals surface area contributed by atoms with E-state index in [1.807, 2.05) is 4.90 Å². The van der Waals surface area contributed by atoms with Crippen LogP contribution in [-0.2, 0) is 19.6 Å². The zero-order valence-corrected chi connectivity index (χ0v) is 21.5. The van der Waals surface area contributed by atoms with Crippen LogP contribution in [0.15, 0.2) is 82.8 Å². The molecule has 0 atom stereocenters. The first-order chi connectivity index (χ1) is 18.3. The van der Waals surface area contributed by atoms with Gasteiger partial charge < -0.3 is 9.64 Å². The van der Waals surface area contributed by atoms with Gasteiger partial charge in [0.25, 0.3) is 21.6 Å². The number of carbonyl (C=O) groups excluding carboxylic acids is 1. The lowest BCUT2D eigenvalue weighted by molar-refractivity contribution is -0.384. The highest BCUT2D eigenvalue weighted by Gasteiger charge is 2.28. The van der Waals surface area contributed by atoms with Crippen LogP contribution in [0.1, 0.15) is 11.1 Å². The monoisotopic (exact) mass is 537 g/mol. The first-order valence-corrected chi connectivity index (χ1v) is 13.3. The molecule has 38 heavy (non-hydrogen) atoms. The maximum Gasteiger partial charge on any atom is 0.270 e. The van der Waals surface area contributed by atoms with Crippen molar-refractivity contribution >= 4 is 39.2 Å². The van der Waals surface area contributed by atoms with E-state index in [1.165, 1.54) is 30.5 Å². The van der Waals surface area contributed by atoms with Gasteiger partial charge in [0.05, 0.1) is 34.9 Å². The molecule has 0 saturated carbocycles. The Labute approximate surface area is 220 Å². The Morgan fingerprint density at radius 1 is 1.11 bits per heavy atom. The van der Waals surface area contributed by atoms with Gasteiger partial charge in [-0.25, -0.2) is 13.8 Å². The zero-order valence-electron chi connectivity index (χ0n) is 20.7. The van der Waals surface area contributed by atoms with Gasteiger partial charge in [-0.05, 0) is 36.8 Å². The molecule has 0 unspecified atom stereocenters. The molecule has 4 rings (SSSR count). The number of carbonyl (C=O) groups is 1. The number of morpholine rings is 1. The van der Waals surface area contributed by atoms with Gasteiger partial charge in [-0.15, -0.1) is 0 Å². The number of aryl methyl sites for hydroxylation is 1. The smallest absolute Gasteiger partial charge is 0.270 e. The summed E-state index contributed by atoms with van der Waals surface area (Å²) in [5, 5.41) is 15.3. The molecule has 0 aliphatic carbocycles. The molecule has 3 aromatic rings. The third-order valence-electron chi connectivity index (χ3n) is 5.97. The van der Waals surface area contributed by atoms with Crippen molar-refractivity contribution in [3.8, 4) is 0 Å². The minimum absolute atomic E-state index is 0.0475. The Morgan fingerprint density at radius 3 is 2.47 bits per heavy atom. The third-order valence-corrected chi connectivity index (χ3v) is 7.74. The number of non-ortho nitro benzene ring substituents is 1. The Kier molecular flexibility index (Phi) is 8.34. The van der Waals surface area contributed by atoms with Crippen LogP contribution >= 0.6 is 0 Å². The molecule has 12 heteroatoms. The van der Waals surface area contributed by atoms with Crippen LogP contribution in [0.5, 0.6) is 0 Å². The maximum absolute atomic E-state index is 13.5. The first-order valence-electron chi connectivity index (χ1n) is 11.8. The summed E-state index contributed by atoms with van der Waals surface area (Å²) in [7, 11) is -4.06. The second kappa shape index (κ2) is 11.8. The van der Waals surface area contributed by atoms with Crippen molar-refractivity contribution < 1.29 is 22.9 Å². The zero-order chi connectivity index (χ0) is 27.1. The van der Waals surface area contributed by atoms with Crippen LogP contribution in [-0.4, -0.2) is 58.3 Å². The molecule has 1 aliphatic rings. The van der Waals surface area contributed by atoms with E-state index in [1.54, 1.807) is 55.5 Å². The van der Waals surface area contributed by atoms with Gasteiger partial charge >= 0.3 is 0 Å². The fourth-order valence-corrected chi connectivity index (χ4v) is 5.56. The van der Waals surface area contributed by atoms with Crippen LogP contribution in [0, 0.1) is 17.0 Å². The number of benzene rings is 3. The quantitative estimate of drug-likeness (QED) is 0.252. The highest BCUT2D eigenvalue weighted by Crippen LogP contribution is 2.27. The number of nitrogens with one attached hydrogen (secondary N) is 1. The molecule has 1 heterocycles. The predicted molar refractivity (Wildman–Crippen MR) is 144 cm³/mol. The Hall–Kier alpha value is -4.29. The van der Waals surface area contributed by atoms with E-state index in [0.29, 0.717) is 48.8 Å². The van der Waals surface area contributed by atoms with Gasteiger partial charge in [0.1, 0.15) is 6.54 Å². The summed E-state index contributed by atoms with van der Waals surface area (Å²) in [6, 6.07) is 19.1. The van der Waals surface area contributed by atoms with Crippen LogP contribution in [0.4, 0.5) is 17.1 Å². The molecule has 1 amide bonds. The topological polar surface area (TPSA) is 134 Å². The summed E-state index contributed by atoms with van der Waals surface area (Å²) in [4.78, 5) is 25.8. The predicted octanol–water partition coefficient (Wildman–Crippen LogP) is 3.09. The minimum atomic E-state index is -4.06. The van der Waals surface area contributed by atoms with Crippen LogP contribution in [0.25, 0.3) is 0 Å². The number of rotatable bonds is 9. The standard InChI is InChI=1S/C26H27N5O6S/c1-20-7-5-6-10-24(20)30(38(35,36)23-8-3-2-4-9-23)19-26(32)28-27-18-21-17-22(31(33)34)11-12-25(21)29-13-15-37-16-14-29/h2-12,17-18H,13-16,19H2,1H3,(H,28,32). The molecule has 0 aromatic heterocycles. The Balaban J connectivity index is 1.57. The largest absolute Gasteiger partial charge is 0.378 e. The second-order valence-electron chi connectivity index (χ2n) is 8.50. The molecule has 198 valence electrons. The number of amides is 1. The van der Waals surface area contributed by atoms with Crippen molar-refractivity contribution in [1.29, 1.82) is 0 Å². The van der Waals surface area contributed by atoms with Gasteiger partial charge in [0, 0.05) is 36.5 Å². The maximum atomic E-state index is 13.5. The molecule has 3 aromatic carbocycles. The van der Waals surface area contributed by atoms with Crippen molar-refractivity contribution in [2.45, 2.75) is 11.8 Å². The van der Waals surface area contributed by atoms with E-state index in [9.17, 15) is 23.3 Å². The van der Waals surface area contributed by atoms with E-state index in [-0.39, 0.29) is 10.6 Å². The van der Waals surface area contributed by atoms with E-state index < -0.39 is 27.4 Å². The Morgan fingerprint density at radius 2 is 1.79 bits per heavy atom. The van der Waals surface area contributed by atoms with E-state index in [4.69, 9.17) is 4.74 Å². The summed E-state index contributed by atoms with van der Waals surface area (Å²) in [5.41, 5.74) is 4.44. The number of sulfonamides is 1. The number of hydrogen-bond acceptors (Lipinski definition) is 8. The van der Waals surface area contributed by atoms with Crippen molar-refractivity contribution in [1.82, 2.24) is 5.43 Å². The van der Waals surface area contributed by atoms with Crippen molar-refractivity contribution in [2.75, 3.05) is 42.1 Å². The van der Waals surface area contributed by atoms with E-state index >= 15 is 0 Å². The van der Waals surface area contributed by atoms with Crippen LogP contribution < -0.4 is 14.6 Å². The molecule has 1 N–H and O–H groups in total. The molecule has 0 spiro atoms. The molecule has 1 aliphatic heterocycles. The summed E-state index contributed by atoms with van der Waals surface area (Å²) in [6.45, 7) is 3.49. The SMILES string of the molecule is Cc1ccccc1N(CC(=O)NN=Cc1cc([N+](=O)[O-])ccc1N1CCOCC1)S(=O)(=O)c1ccccc1. The van der Waals surface area contributed by atoms with Crippen molar-refractivity contribution in [2.24, 2.45) is 5.10 Å². The fraction of sp³-hybridized carbons (Fsp3) is 0.231. The lowest BCUT2D eigenvalue weighted by atomic mass is 10.1. The number of para-hydroxylation sites is 1. The van der Waals surface area contributed by atoms with E-state index in [0.717, 1.165) is 4.31 Å². The van der Waals surface area contributed by atoms with Gasteiger partial charge in [-0.2, -0.15) is 5.10 Å². The number of hydrogen-bond donors (Lipinski definition) is 1. The molecule has 0 radical (unpaired) electrons. The normalized spacial score (nSPS) is 13.9. The second-order valence-corrected chi connectivity index (χ2v) is 10.4. The Bertz CT molecular complexity index is 1440. The summed E-state index contributed by atoms with van der Waals surface area (Å²) in [6.07, 6.45) is 1.32. The van der Waals surface area contributed by atoms with Gasteiger partial charge in [-0.3, -0.25) is 19.2 Å². The number of hydrazone groups is 1. The first kappa shape index (κ1) is 26.8. The third kappa shape index (κ3) is 6.15. The average Bonchev–Trinajstić information content (AvgIpc) is 2.93. The minimum Gasteiger partial charge on any atom is -0.378 e. The van der Waals surface area contributed by atoms with Gasteiger partial charge in [-0.1, -0.05) is 36.4 Å². The highest BCUT2D eigenvalue weighted by molar-refractivity contribution is 7.92. The van der Waals surface area contributed by atoms with Gasteiger partial charge in [0.15, 0.2) is 0 Å². The fourth-order valence-electron chi connectivity index (χ4n) is 4.05. The summed E-state index contributed by atoms with van der Waals surface area (Å²) < 4.78 is 33.3. The number of anilines is 2.